The maximum atomic E-state index is 13.6. The van der Waals surface area contributed by atoms with Crippen molar-refractivity contribution in [2.75, 3.05) is 29.5 Å². The van der Waals surface area contributed by atoms with E-state index in [0.29, 0.717) is 16.9 Å². The van der Waals surface area contributed by atoms with Crippen LogP contribution in [0, 0.1) is 11.6 Å². The number of rotatable bonds is 9. The van der Waals surface area contributed by atoms with Crippen molar-refractivity contribution in [3.05, 3.63) is 90.0 Å². The summed E-state index contributed by atoms with van der Waals surface area (Å²) in [6.45, 7) is 1.44. The lowest BCUT2D eigenvalue weighted by molar-refractivity contribution is -0.141. The van der Waals surface area contributed by atoms with Crippen molar-refractivity contribution in [1.29, 1.82) is 0 Å². The molecule has 3 aromatic carbocycles. The molecule has 194 valence electrons. The second-order valence-electron chi connectivity index (χ2n) is 8.46. The number of aromatic hydroxyl groups is 1. The normalized spacial score (nSPS) is 17.8. The predicted octanol–water partition coefficient (Wildman–Crippen LogP) is 4.17. The number of carbonyl (C=O) groups is 2. The molecular weight excluding hydrogens is 486 g/mol. The van der Waals surface area contributed by atoms with Crippen molar-refractivity contribution in [1.82, 2.24) is 0 Å². The lowest BCUT2D eigenvalue weighted by Gasteiger charge is -2.31. The van der Waals surface area contributed by atoms with E-state index in [0.717, 1.165) is 0 Å². The quantitative estimate of drug-likeness (QED) is 0.415. The molecule has 1 amide bonds. The Morgan fingerprint density at radius 3 is 2.22 bits per heavy atom. The van der Waals surface area contributed by atoms with E-state index in [1.165, 1.54) is 70.5 Å². The zero-order chi connectivity index (χ0) is 26.5. The van der Waals surface area contributed by atoms with Crippen molar-refractivity contribution < 1.29 is 38.1 Å². The fourth-order valence-electron chi connectivity index (χ4n) is 4.27. The molecule has 0 radical (unpaired) electrons. The van der Waals surface area contributed by atoms with Gasteiger partial charge in [0.25, 0.3) is 0 Å². The van der Waals surface area contributed by atoms with Gasteiger partial charge in [0.1, 0.15) is 36.1 Å². The number of phenols is 1. The monoisotopic (exact) mass is 512 g/mol. The molecule has 0 saturated carbocycles. The summed E-state index contributed by atoms with van der Waals surface area (Å²) in [5.74, 6) is -1.49. The van der Waals surface area contributed by atoms with Gasteiger partial charge < -0.3 is 24.6 Å². The molecule has 8 nitrogen and oxygen atoms in total. The number of hydrogen-bond donors (Lipinski definition) is 2. The molecule has 1 fully saturated rings. The summed E-state index contributed by atoms with van der Waals surface area (Å²) in [5, 5.41) is 21.1. The van der Waals surface area contributed by atoms with Gasteiger partial charge in [-0.25, -0.2) is 13.6 Å². The molecule has 1 heterocycles. The molecule has 0 spiro atoms. The first-order valence-corrected chi connectivity index (χ1v) is 11.7. The molecule has 4 rings (SSSR count). The second kappa shape index (κ2) is 11.3. The summed E-state index contributed by atoms with van der Waals surface area (Å²) >= 11 is 0. The highest BCUT2D eigenvalue weighted by Gasteiger charge is 2.47. The van der Waals surface area contributed by atoms with Crippen LogP contribution in [0.4, 0.5) is 25.0 Å². The van der Waals surface area contributed by atoms with E-state index < -0.39 is 41.9 Å². The maximum absolute atomic E-state index is 13.6. The first-order valence-electron chi connectivity index (χ1n) is 11.7. The summed E-state index contributed by atoms with van der Waals surface area (Å²) in [5.41, 5.74) is 1.35. The van der Waals surface area contributed by atoms with Gasteiger partial charge in [0.2, 0.25) is 0 Å². The fourth-order valence-corrected chi connectivity index (χ4v) is 4.27. The Bertz CT molecular complexity index is 1220. The van der Waals surface area contributed by atoms with Crippen molar-refractivity contribution in [3.8, 4) is 5.75 Å². The summed E-state index contributed by atoms with van der Waals surface area (Å²) in [7, 11) is 0. The van der Waals surface area contributed by atoms with Gasteiger partial charge in [-0.2, -0.15) is 0 Å². The van der Waals surface area contributed by atoms with Crippen LogP contribution in [0.25, 0.3) is 0 Å². The Balaban J connectivity index is 1.66. The fraction of sp³-hybridized carbons (Fsp3) is 0.259. The van der Waals surface area contributed by atoms with Gasteiger partial charge in [-0.05, 0) is 73.2 Å². The van der Waals surface area contributed by atoms with Gasteiger partial charge >= 0.3 is 12.1 Å². The third kappa shape index (κ3) is 5.97. The highest BCUT2D eigenvalue weighted by molar-refractivity contribution is 5.91. The number of ether oxygens (including phenoxy) is 2. The lowest BCUT2D eigenvalue weighted by atomic mass is 9.96. The van der Waals surface area contributed by atoms with Gasteiger partial charge in [0.05, 0.1) is 6.61 Å². The number of carbonyl (C=O) groups excluding carboxylic acids is 2. The molecular formula is C27H26F2N2O6. The molecule has 37 heavy (non-hydrogen) atoms. The van der Waals surface area contributed by atoms with Crippen LogP contribution in [0.15, 0.2) is 72.8 Å². The Hall–Kier alpha value is -4.18. The number of cyclic esters (lactones) is 1. The summed E-state index contributed by atoms with van der Waals surface area (Å²) in [4.78, 5) is 28.1. The number of nitrogens with zero attached hydrogens (tertiary/aromatic N) is 2. The average molecular weight is 513 g/mol. The second-order valence-corrected chi connectivity index (χ2v) is 8.46. The maximum Gasteiger partial charge on any atom is 0.415 e. The molecule has 3 aromatic rings. The van der Waals surface area contributed by atoms with Crippen LogP contribution in [0.5, 0.6) is 5.75 Å². The summed E-state index contributed by atoms with van der Waals surface area (Å²) in [6, 6.07) is 15.9. The zero-order valence-corrected chi connectivity index (χ0v) is 20.0. The molecule has 1 aliphatic rings. The van der Waals surface area contributed by atoms with Crippen LogP contribution in [0.3, 0.4) is 0 Å². The van der Waals surface area contributed by atoms with E-state index in [-0.39, 0.29) is 25.4 Å². The molecule has 1 aliphatic heterocycles. The van der Waals surface area contributed by atoms with Crippen LogP contribution in [-0.4, -0.2) is 54.2 Å². The summed E-state index contributed by atoms with van der Waals surface area (Å²) < 4.78 is 37.7. The predicted molar refractivity (Wildman–Crippen MR) is 131 cm³/mol. The minimum Gasteiger partial charge on any atom is -0.508 e. The number of benzene rings is 3. The minimum atomic E-state index is -1.31. The molecule has 3 atom stereocenters. The number of phenolic OH excluding ortho intramolecular Hbond substituents is 1. The lowest BCUT2D eigenvalue weighted by Crippen LogP contribution is -2.44. The van der Waals surface area contributed by atoms with Crippen LogP contribution in [0.1, 0.15) is 18.5 Å². The third-order valence-electron chi connectivity index (χ3n) is 5.97. The van der Waals surface area contributed by atoms with Crippen molar-refractivity contribution >= 4 is 23.4 Å². The molecule has 2 N–H and O–H groups in total. The third-order valence-corrected chi connectivity index (χ3v) is 5.97. The highest BCUT2D eigenvalue weighted by atomic mass is 19.1. The van der Waals surface area contributed by atoms with E-state index in [2.05, 4.69) is 0 Å². The zero-order valence-electron chi connectivity index (χ0n) is 20.0. The molecule has 0 bridgehead atoms. The van der Waals surface area contributed by atoms with Gasteiger partial charge in [-0.3, -0.25) is 9.69 Å². The van der Waals surface area contributed by atoms with Crippen molar-refractivity contribution in [2.45, 2.75) is 25.2 Å². The Labute approximate surface area is 212 Å². The van der Waals surface area contributed by atoms with Gasteiger partial charge in [-0.15, -0.1) is 0 Å². The van der Waals surface area contributed by atoms with Crippen LogP contribution in [-0.2, 0) is 14.3 Å². The molecule has 2 unspecified atom stereocenters. The smallest absolute Gasteiger partial charge is 0.415 e. The standard InChI is InChI=1S/C27H26F2N2O6/c1-2-36-24(34)16-30(20-9-5-18(28)6-10-20)15-23(33)26-25(17-3-13-22(32)14-4-17)31(27(35)37-26)21-11-7-19(29)8-12-21/h3-14,23,25-26,32-33H,2,15-16H2,1H3/t23?,25-,26?/m1/s1. The minimum absolute atomic E-state index is 0.0105. The van der Waals surface area contributed by atoms with Gasteiger partial charge in [-0.1, -0.05) is 12.1 Å². The summed E-state index contributed by atoms with van der Waals surface area (Å²) in [6.07, 6.45) is -3.17. The highest BCUT2D eigenvalue weighted by Crippen LogP contribution is 2.39. The Morgan fingerprint density at radius 2 is 1.62 bits per heavy atom. The average Bonchev–Trinajstić information content (AvgIpc) is 3.22. The molecule has 10 heteroatoms. The molecule has 0 aliphatic carbocycles. The van der Waals surface area contributed by atoms with E-state index in [1.807, 2.05) is 0 Å². The molecule has 1 saturated heterocycles. The number of anilines is 2. The van der Waals surface area contributed by atoms with Crippen LogP contribution >= 0.6 is 0 Å². The van der Waals surface area contributed by atoms with Gasteiger partial charge in [0.15, 0.2) is 6.10 Å². The molecule has 0 aromatic heterocycles. The van der Waals surface area contributed by atoms with Crippen molar-refractivity contribution in [3.63, 3.8) is 0 Å². The SMILES string of the molecule is CCOC(=O)CN(CC(O)C1OC(=O)N(c2ccc(F)cc2)[C@@H]1c1ccc(O)cc1)c1ccc(F)cc1. The number of esters is 1. The first-order chi connectivity index (χ1) is 17.8. The van der Waals surface area contributed by atoms with E-state index in [9.17, 15) is 28.6 Å². The van der Waals surface area contributed by atoms with Crippen LogP contribution in [0.2, 0.25) is 0 Å². The number of hydrogen-bond acceptors (Lipinski definition) is 7. The van der Waals surface area contributed by atoms with E-state index in [4.69, 9.17) is 9.47 Å². The number of halogens is 2. The van der Waals surface area contributed by atoms with Crippen molar-refractivity contribution in [2.24, 2.45) is 0 Å². The number of amides is 1. The van der Waals surface area contributed by atoms with Crippen LogP contribution < -0.4 is 9.80 Å². The topological polar surface area (TPSA) is 99.5 Å². The number of aliphatic hydroxyl groups excluding tert-OH is 1. The van der Waals surface area contributed by atoms with E-state index >= 15 is 0 Å². The number of aliphatic hydroxyl groups is 1. The Kier molecular flexibility index (Phi) is 7.88. The Morgan fingerprint density at radius 1 is 1.03 bits per heavy atom. The van der Waals surface area contributed by atoms with Gasteiger partial charge in [0, 0.05) is 17.9 Å². The van der Waals surface area contributed by atoms with E-state index in [1.54, 1.807) is 19.1 Å². The first kappa shape index (κ1) is 25.9. The largest absolute Gasteiger partial charge is 0.508 e.